The molecule has 0 amide bonds. The van der Waals surface area contributed by atoms with Gasteiger partial charge < -0.3 is 20.5 Å². The minimum Gasteiger partial charge on any atom is -0.496 e. The number of nitrogens with zero attached hydrogens (tertiary/aromatic N) is 1. The first-order valence-corrected chi connectivity index (χ1v) is 6.59. The molecule has 3 N–H and O–H groups in total. The number of benzene rings is 1. The smallest absolute Gasteiger partial charge is 0.124 e. The Morgan fingerprint density at radius 3 is 2.47 bits per heavy atom. The fourth-order valence-corrected chi connectivity index (χ4v) is 2.43. The quantitative estimate of drug-likeness (QED) is 0.816. The highest BCUT2D eigenvalue weighted by molar-refractivity contribution is 5.48. The summed E-state index contributed by atoms with van der Waals surface area (Å²) in [7, 11) is 3.73. The van der Waals surface area contributed by atoms with Crippen LogP contribution in [0.4, 0.5) is 0 Å². The summed E-state index contributed by atoms with van der Waals surface area (Å²) < 4.78 is 5.43. The lowest BCUT2D eigenvalue weighted by Gasteiger charge is -2.23. The van der Waals surface area contributed by atoms with Crippen LogP contribution in [0.1, 0.15) is 22.3 Å². The molecule has 0 bridgehead atoms. The first-order valence-electron chi connectivity index (χ1n) is 6.59. The molecule has 0 saturated heterocycles. The molecule has 108 valence electrons. The van der Waals surface area contributed by atoms with Gasteiger partial charge in [0, 0.05) is 19.1 Å². The Bertz CT molecular complexity index is 433. The van der Waals surface area contributed by atoms with E-state index < -0.39 is 0 Å². The predicted octanol–water partition coefficient (Wildman–Crippen LogP) is 1.37. The number of hydrogen-bond donors (Lipinski definition) is 2. The molecule has 19 heavy (non-hydrogen) atoms. The number of aliphatic hydroxyl groups excluding tert-OH is 1. The van der Waals surface area contributed by atoms with Crippen molar-refractivity contribution in [3.05, 3.63) is 28.3 Å². The summed E-state index contributed by atoms with van der Waals surface area (Å²) in [5, 5.41) is 8.99. The Hall–Kier alpha value is -1.10. The third-order valence-corrected chi connectivity index (χ3v) is 3.56. The van der Waals surface area contributed by atoms with Crippen LogP contribution in [-0.4, -0.2) is 43.4 Å². The fraction of sp³-hybridized carbons (Fsp3) is 0.600. The molecule has 0 aliphatic carbocycles. The highest BCUT2D eigenvalue weighted by atomic mass is 16.5. The van der Waals surface area contributed by atoms with Crippen molar-refractivity contribution >= 4 is 0 Å². The van der Waals surface area contributed by atoms with Crippen molar-refractivity contribution < 1.29 is 9.84 Å². The summed E-state index contributed by atoms with van der Waals surface area (Å²) in [5.41, 5.74) is 10.6. The summed E-state index contributed by atoms with van der Waals surface area (Å²) in [6.45, 7) is 7.79. The lowest BCUT2D eigenvalue weighted by Crippen LogP contribution is -2.37. The van der Waals surface area contributed by atoms with Crippen molar-refractivity contribution in [1.82, 2.24) is 4.90 Å². The van der Waals surface area contributed by atoms with Gasteiger partial charge in [-0.15, -0.1) is 0 Å². The Kier molecular flexibility index (Phi) is 5.79. The maximum atomic E-state index is 8.99. The van der Waals surface area contributed by atoms with Gasteiger partial charge >= 0.3 is 0 Å². The van der Waals surface area contributed by atoms with Crippen molar-refractivity contribution in [3.8, 4) is 5.75 Å². The maximum absolute atomic E-state index is 8.99. The van der Waals surface area contributed by atoms with Crippen LogP contribution in [-0.2, 0) is 6.54 Å². The number of ether oxygens (including phenoxy) is 1. The monoisotopic (exact) mass is 266 g/mol. The van der Waals surface area contributed by atoms with Gasteiger partial charge in [-0.2, -0.15) is 0 Å². The standard InChI is InChI=1S/C15H26N2O2/c1-10-6-13(7-17(4)8-14(16)9-18)11(2)12(3)15(10)19-5/h6,14,18H,7-9,16H2,1-5H3. The van der Waals surface area contributed by atoms with E-state index in [1.54, 1.807) is 7.11 Å². The summed E-state index contributed by atoms with van der Waals surface area (Å²) >= 11 is 0. The Labute approximate surface area is 116 Å². The summed E-state index contributed by atoms with van der Waals surface area (Å²) in [6.07, 6.45) is 0. The van der Waals surface area contributed by atoms with Crippen molar-refractivity contribution in [3.63, 3.8) is 0 Å². The molecule has 1 aromatic rings. The van der Waals surface area contributed by atoms with Gasteiger partial charge in [0.15, 0.2) is 0 Å². The zero-order chi connectivity index (χ0) is 14.6. The Morgan fingerprint density at radius 2 is 1.95 bits per heavy atom. The minimum atomic E-state index is -0.189. The van der Waals surface area contributed by atoms with Gasteiger partial charge in [-0.05, 0) is 50.1 Å². The SMILES string of the molecule is COc1c(C)cc(CN(C)CC(N)CO)c(C)c1C. The van der Waals surface area contributed by atoms with Crippen molar-refractivity contribution in [2.45, 2.75) is 33.4 Å². The number of hydrogen-bond acceptors (Lipinski definition) is 4. The first-order chi connectivity index (χ1) is 8.90. The second-order valence-electron chi connectivity index (χ2n) is 5.28. The van der Waals surface area contributed by atoms with Gasteiger partial charge in [0.2, 0.25) is 0 Å². The maximum Gasteiger partial charge on any atom is 0.124 e. The van der Waals surface area contributed by atoms with E-state index in [1.165, 1.54) is 16.7 Å². The van der Waals surface area contributed by atoms with Crippen LogP contribution >= 0.6 is 0 Å². The van der Waals surface area contributed by atoms with Crippen LogP contribution in [0.2, 0.25) is 0 Å². The molecule has 1 unspecified atom stereocenters. The number of rotatable bonds is 6. The molecule has 0 aliphatic heterocycles. The van der Waals surface area contributed by atoms with Gasteiger partial charge in [0.05, 0.1) is 13.7 Å². The van der Waals surface area contributed by atoms with E-state index in [2.05, 4.69) is 31.7 Å². The molecule has 0 saturated carbocycles. The zero-order valence-corrected chi connectivity index (χ0v) is 12.7. The average Bonchev–Trinajstić information content (AvgIpc) is 2.36. The second kappa shape index (κ2) is 6.89. The second-order valence-corrected chi connectivity index (χ2v) is 5.28. The zero-order valence-electron chi connectivity index (χ0n) is 12.7. The molecule has 1 atom stereocenters. The molecular weight excluding hydrogens is 240 g/mol. The van der Waals surface area contributed by atoms with E-state index in [0.717, 1.165) is 17.9 Å². The van der Waals surface area contributed by atoms with E-state index in [4.69, 9.17) is 15.6 Å². The van der Waals surface area contributed by atoms with Gasteiger partial charge in [-0.25, -0.2) is 0 Å². The Morgan fingerprint density at radius 1 is 1.32 bits per heavy atom. The molecule has 1 rings (SSSR count). The summed E-state index contributed by atoms with van der Waals surface area (Å²) in [4.78, 5) is 2.13. The van der Waals surface area contributed by atoms with E-state index >= 15 is 0 Å². The normalized spacial score (nSPS) is 12.8. The van der Waals surface area contributed by atoms with Crippen LogP contribution in [0, 0.1) is 20.8 Å². The first kappa shape index (κ1) is 16.0. The summed E-state index contributed by atoms with van der Waals surface area (Å²) in [6, 6.07) is 1.98. The number of methoxy groups -OCH3 is 1. The van der Waals surface area contributed by atoms with E-state index in [9.17, 15) is 0 Å². The molecule has 1 aromatic carbocycles. The van der Waals surface area contributed by atoms with Gasteiger partial charge in [-0.1, -0.05) is 6.07 Å². The average molecular weight is 266 g/mol. The Balaban J connectivity index is 2.90. The van der Waals surface area contributed by atoms with Gasteiger partial charge in [0.25, 0.3) is 0 Å². The topological polar surface area (TPSA) is 58.7 Å². The molecule has 4 heteroatoms. The molecule has 0 heterocycles. The predicted molar refractivity (Wildman–Crippen MR) is 78.6 cm³/mol. The number of nitrogens with two attached hydrogens (primary N) is 1. The van der Waals surface area contributed by atoms with Crippen LogP contribution in [0.25, 0.3) is 0 Å². The van der Waals surface area contributed by atoms with Gasteiger partial charge in [-0.3, -0.25) is 0 Å². The van der Waals surface area contributed by atoms with Gasteiger partial charge in [0.1, 0.15) is 5.75 Å². The number of aryl methyl sites for hydroxylation is 1. The molecule has 4 nitrogen and oxygen atoms in total. The largest absolute Gasteiger partial charge is 0.496 e. The van der Waals surface area contributed by atoms with Crippen LogP contribution in [0.15, 0.2) is 6.07 Å². The molecule has 0 aromatic heterocycles. The molecular formula is C15H26N2O2. The van der Waals surface area contributed by atoms with Crippen molar-refractivity contribution in [2.24, 2.45) is 5.73 Å². The molecule has 0 spiro atoms. The van der Waals surface area contributed by atoms with Crippen LogP contribution in [0.3, 0.4) is 0 Å². The lowest BCUT2D eigenvalue weighted by atomic mass is 9.98. The van der Waals surface area contributed by atoms with E-state index in [-0.39, 0.29) is 12.6 Å². The molecule has 0 fully saturated rings. The highest BCUT2D eigenvalue weighted by Crippen LogP contribution is 2.29. The van der Waals surface area contributed by atoms with Crippen LogP contribution in [0.5, 0.6) is 5.75 Å². The van der Waals surface area contributed by atoms with E-state index in [1.807, 2.05) is 7.05 Å². The van der Waals surface area contributed by atoms with E-state index in [0.29, 0.717) is 6.54 Å². The van der Waals surface area contributed by atoms with Crippen molar-refractivity contribution in [2.75, 3.05) is 27.3 Å². The highest BCUT2D eigenvalue weighted by Gasteiger charge is 2.13. The number of likely N-dealkylation sites (N-methyl/N-ethyl adjacent to an activating group) is 1. The molecule has 0 aliphatic rings. The lowest BCUT2D eigenvalue weighted by molar-refractivity contribution is 0.218. The third-order valence-electron chi connectivity index (χ3n) is 3.56. The van der Waals surface area contributed by atoms with Crippen LogP contribution < -0.4 is 10.5 Å². The summed E-state index contributed by atoms with van der Waals surface area (Å²) in [5.74, 6) is 0.968. The molecule has 0 radical (unpaired) electrons. The van der Waals surface area contributed by atoms with Crippen molar-refractivity contribution in [1.29, 1.82) is 0 Å². The minimum absolute atomic E-state index is 0.0178. The fourth-order valence-electron chi connectivity index (χ4n) is 2.43. The third kappa shape index (κ3) is 3.93. The number of aliphatic hydroxyl groups is 1.